The molecule has 0 saturated heterocycles. The molecule has 0 unspecified atom stereocenters. The molecule has 5 nitrogen and oxygen atoms in total. The van der Waals surface area contributed by atoms with Crippen LogP contribution in [0.4, 0.5) is 15.8 Å². The van der Waals surface area contributed by atoms with Crippen LogP contribution in [0.15, 0.2) is 36.4 Å². The molecule has 0 bridgehead atoms. The van der Waals surface area contributed by atoms with Crippen molar-refractivity contribution < 1.29 is 14.1 Å². The van der Waals surface area contributed by atoms with Crippen molar-refractivity contribution in [2.45, 2.75) is 6.92 Å². The highest BCUT2D eigenvalue weighted by Crippen LogP contribution is 2.29. The molecule has 0 aromatic heterocycles. The molecule has 0 spiro atoms. The lowest BCUT2D eigenvalue weighted by Crippen LogP contribution is -1.94. The van der Waals surface area contributed by atoms with E-state index >= 15 is 0 Å². The molecule has 0 radical (unpaired) electrons. The summed E-state index contributed by atoms with van der Waals surface area (Å²) < 4.78 is 18.5. The molecule has 0 amide bonds. The lowest BCUT2D eigenvalue weighted by atomic mass is 10.2. The summed E-state index contributed by atoms with van der Waals surface area (Å²) in [6.45, 7) is 1.60. The smallest absolute Gasteiger partial charge is 0.275 e. The van der Waals surface area contributed by atoms with Gasteiger partial charge in [-0.15, -0.1) is 0 Å². The second-order valence-electron chi connectivity index (χ2n) is 4.03. The van der Waals surface area contributed by atoms with Gasteiger partial charge in [-0.1, -0.05) is 0 Å². The highest BCUT2D eigenvalue weighted by atomic mass is 19.1. The van der Waals surface area contributed by atoms with Gasteiger partial charge in [0.15, 0.2) is 0 Å². The Hall–Kier alpha value is -2.63. The summed E-state index contributed by atoms with van der Waals surface area (Å²) in [6, 6.07) is 8.18. The van der Waals surface area contributed by atoms with Crippen molar-refractivity contribution >= 4 is 11.4 Å². The minimum atomic E-state index is -0.556. The average molecular weight is 262 g/mol. The molecule has 0 aliphatic carbocycles. The Labute approximate surface area is 108 Å². The summed E-state index contributed by atoms with van der Waals surface area (Å²) in [4.78, 5) is 10.1. The number of anilines is 1. The first-order chi connectivity index (χ1) is 8.95. The number of nitrogens with zero attached hydrogens (tertiary/aromatic N) is 1. The number of hydrogen-bond donors (Lipinski definition) is 1. The zero-order valence-electron chi connectivity index (χ0n) is 10.1. The summed E-state index contributed by atoms with van der Waals surface area (Å²) in [5.74, 6) is 0.280. The average Bonchev–Trinajstić information content (AvgIpc) is 2.33. The zero-order chi connectivity index (χ0) is 14.0. The molecule has 0 atom stereocenters. The number of nitro groups is 1. The van der Waals surface area contributed by atoms with Crippen LogP contribution >= 0.6 is 0 Å². The van der Waals surface area contributed by atoms with Crippen LogP contribution in [0.25, 0.3) is 0 Å². The first-order valence-electron chi connectivity index (χ1n) is 5.44. The fourth-order valence-electron chi connectivity index (χ4n) is 1.59. The van der Waals surface area contributed by atoms with E-state index in [0.717, 1.165) is 0 Å². The second-order valence-corrected chi connectivity index (χ2v) is 4.03. The Morgan fingerprint density at radius 2 is 1.95 bits per heavy atom. The molecule has 98 valence electrons. The van der Waals surface area contributed by atoms with E-state index in [-0.39, 0.29) is 22.9 Å². The number of ether oxygens (including phenoxy) is 1. The van der Waals surface area contributed by atoms with Gasteiger partial charge in [0.2, 0.25) is 0 Å². The van der Waals surface area contributed by atoms with Gasteiger partial charge in [0, 0.05) is 17.8 Å². The van der Waals surface area contributed by atoms with Crippen molar-refractivity contribution in [1.82, 2.24) is 0 Å². The molecule has 2 rings (SSSR count). The van der Waals surface area contributed by atoms with Crippen molar-refractivity contribution in [3.63, 3.8) is 0 Å². The third-order valence-corrected chi connectivity index (χ3v) is 2.49. The predicted molar refractivity (Wildman–Crippen MR) is 68.7 cm³/mol. The largest absolute Gasteiger partial charge is 0.457 e. The maximum Gasteiger partial charge on any atom is 0.275 e. The molecule has 0 fully saturated rings. The van der Waals surface area contributed by atoms with Crippen molar-refractivity contribution in [3.8, 4) is 11.5 Å². The highest BCUT2D eigenvalue weighted by Gasteiger charge is 2.10. The second kappa shape index (κ2) is 4.93. The predicted octanol–water partition coefficient (Wildman–Crippen LogP) is 3.42. The molecular weight excluding hydrogens is 251 g/mol. The summed E-state index contributed by atoms with van der Waals surface area (Å²) >= 11 is 0. The van der Waals surface area contributed by atoms with E-state index in [9.17, 15) is 14.5 Å². The first-order valence-corrected chi connectivity index (χ1v) is 5.44. The molecule has 2 aromatic carbocycles. The molecule has 2 N–H and O–H groups in total. The number of nitrogens with two attached hydrogens (primary N) is 1. The quantitative estimate of drug-likeness (QED) is 0.522. The number of benzene rings is 2. The van der Waals surface area contributed by atoms with Crippen molar-refractivity contribution in [3.05, 3.63) is 57.9 Å². The van der Waals surface area contributed by atoms with Crippen LogP contribution in [0.1, 0.15) is 5.56 Å². The molecule has 19 heavy (non-hydrogen) atoms. The molecule has 0 aliphatic rings. The van der Waals surface area contributed by atoms with E-state index in [2.05, 4.69) is 0 Å². The lowest BCUT2D eigenvalue weighted by Gasteiger charge is -2.07. The van der Waals surface area contributed by atoms with Gasteiger partial charge in [-0.2, -0.15) is 0 Å². The number of nitrogen functional groups attached to an aromatic ring is 1. The SMILES string of the molecule is Cc1cc(Oc2cc(N)cc([N+](=O)[O-])c2)ccc1F. The molecular formula is C13H11FN2O3. The van der Waals surface area contributed by atoms with Gasteiger partial charge >= 0.3 is 0 Å². The van der Waals surface area contributed by atoms with E-state index in [1.165, 1.54) is 36.4 Å². The van der Waals surface area contributed by atoms with Gasteiger partial charge in [0.1, 0.15) is 17.3 Å². The minimum Gasteiger partial charge on any atom is -0.457 e. The van der Waals surface area contributed by atoms with Crippen molar-refractivity contribution in [2.24, 2.45) is 0 Å². The highest BCUT2D eigenvalue weighted by molar-refractivity contribution is 5.54. The zero-order valence-corrected chi connectivity index (χ0v) is 10.1. The third kappa shape index (κ3) is 2.98. The molecule has 0 saturated carbocycles. The van der Waals surface area contributed by atoms with Crippen LogP contribution in [0.2, 0.25) is 0 Å². The number of hydrogen-bond acceptors (Lipinski definition) is 4. The maximum absolute atomic E-state index is 13.1. The van der Waals surface area contributed by atoms with Gasteiger partial charge < -0.3 is 10.5 Å². The van der Waals surface area contributed by atoms with E-state index in [0.29, 0.717) is 11.3 Å². The van der Waals surface area contributed by atoms with Crippen molar-refractivity contribution in [1.29, 1.82) is 0 Å². The molecule has 0 heterocycles. The van der Waals surface area contributed by atoms with Crippen LogP contribution < -0.4 is 10.5 Å². The fourth-order valence-corrected chi connectivity index (χ4v) is 1.59. The number of aryl methyl sites for hydroxylation is 1. The van der Waals surface area contributed by atoms with Gasteiger partial charge in [0.05, 0.1) is 11.0 Å². The standard InChI is InChI=1S/C13H11FN2O3/c1-8-4-11(2-3-13(8)14)19-12-6-9(15)5-10(7-12)16(17)18/h2-7H,15H2,1H3. The molecule has 2 aromatic rings. The number of halogens is 1. The summed E-state index contributed by atoms with van der Waals surface area (Å²) in [7, 11) is 0. The van der Waals surface area contributed by atoms with Gasteiger partial charge in [-0.05, 0) is 30.7 Å². The van der Waals surface area contributed by atoms with Crippen LogP contribution in [0.5, 0.6) is 11.5 Å². The number of nitro benzene ring substituents is 1. The topological polar surface area (TPSA) is 78.4 Å². The van der Waals surface area contributed by atoms with E-state index in [1.54, 1.807) is 6.92 Å². The summed E-state index contributed by atoms with van der Waals surface area (Å²) in [5, 5.41) is 10.7. The number of rotatable bonds is 3. The van der Waals surface area contributed by atoms with E-state index < -0.39 is 4.92 Å². The Kier molecular flexibility index (Phi) is 3.33. The third-order valence-electron chi connectivity index (χ3n) is 2.49. The molecule has 0 aliphatic heterocycles. The maximum atomic E-state index is 13.1. The normalized spacial score (nSPS) is 10.2. The monoisotopic (exact) mass is 262 g/mol. The van der Waals surface area contributed by atoms with Crippen molar-refractivity contribution in [2.75, 3.05) is 5.73 Å². The Morgan fingerprint density at radius 1 is 1.21 bits per heavy atom. The number of non-ortho nitro benzene ring substituents is 1. The van der Waals surface area contributed by atoms with Crippen LogP contribution in [-0.4, -0.2) is 4.92 Å². The van der Waals surface area contributed by atoms with Crippen LogP contribution in [0.3, 0.4) is 0 Å². The van der Waals surface area contributed by atoms with E-state index in [4.69, 9.17) is 10.5 Å². The first kappa shape index (κ1) is 12.8. The Bertz CT molecular complexity index is 644. The summed E-state index contributed by atoms with van der Waals surface area (Å²) in [6.07, 6.45) is 0. The van der Waals surface area contributed by atoms with Gasteiger partial charge in [-0.25, -0.2) is 4.39 Å². The fraction of sp³-hybridized carbons (Fsp3) is 0.0769. The molecule has 6 heteroatoms. The van der Waals surface area contributed by atoms with Crippen LogP contribution in [-0.2, 0) is 0 Å². The van der Waals surface area contributed by atoms with Gasteiger partial charge in [0.25, 0.3) is 5.69 Å². The van der Waals surface area contributed by atoms with E-state index in [1.807, 2.05) is 0 Å². The Balaban J connectivity index is 2.32. The summed E-state index contributed by atoms with van der Waals surface area (Å²) in [5.41, 5.74) is 6.05. The Morgan fingerprint density at radius 3 is 2.58 bits per heavy atom. The lowest BCUT2D eigenvalue weighted by molar-refractivity contribution is -0.384. The minimum absolute atomic E-state index is 0.158. The van der Waals surface area contributed by atoms with Gasteiger partial charge in [-0.3, -0.25) is 10.1 Å². The van der Waals surface area contributed by atoms with Crippen LogP contribution in [0, 0.1) is 22.9 Å².